The second-order valence-corrected chi connectivity index (χ2v) is 15.0. The summed E-state index contributed by atoms with van der Waals surface area (Å²) in [5.41, 5.74) is 12.1. The number of amidine groups is 1. The fraction of sp³-hybridized carbons (Fsp3) is 0.0182. The molecule has 0 saturated heterocycles. The van der Waals surface area contributed by atoms with Gasteiger partial charge in [-0.1, -0.05) is 158 Å². The molecule has 0 aliphatic heterocycles. The molecule has 9 aromatic carbocycles. The minimum Gasteiger partial charge on any atom is -0.456 e. The minimum absolute atomic E-state index is 0.579. The number of aliphatic imine (C=N–C) groups is 2. The lowest BCUT2D eigenvalue weighted by atomic mass is 9.94. The third kappa shape index (κ3) is 6.01. The maximum absolute atomic E-state index is 6.59. The first kappa shape index (κ1) is 34.4. The van der Waals surface area contributed by atoms with Crippen molar-refractivity contribution < 1.29 is 8.83 Å². The van der Waals surface area contributed by atoms with Crippen LogP contribution in [-0.2, 0) is 0 Å². The van der Waals surface area contributed by atoms with Gasteiger partial charge in [-0.25, -0.2) is 9.98 Å². The number of nitrogens with zero attached hydrogens (tertiary/aromatic N) is 2. The van der Waals surface area contributed by atoms with Crippen molar-refractivity contribution in [3.8, 4) is 22.3 Å². The highest BCUT2D eigenvalue weighted by atomic mass is 16.3. The molecule has 59 heavy (non-hydrogen) atoms. The van der Waals surface area contributed by atoms with E-state index in [2.05, 4.69) is 177 Å². The van der Waals surface area contributed by atoms with Crippen LogP contribution in [0.1, 0.15) is 23.6 Å². The molecule has 0 N–H and O–H groups in total. The molecule has 0 unspecified atom stereocenters. The van der Waals surface area contributed by atoms with Crippen LogP contribution in [0.3, 0.4) is 0 Å². The average Bonchev–Trinajstić information content (AvgIpc) is 3.87. The van der Waals surface area contributed by atoms with Gasteiger partial charge in [0.05, 0.1) is 5.70 Å². The van der Waals surface area contributed by atoms with E-state index in [1.807, 2.05) is 24.3 Å². The lowest BCUT2D eigenvalue weighted by molar-refractivity contribution is 0.669. The summed E-state index contributed by atoms with van der Waals surface area (Å²) in [6, 6.07) is 65.2. The van der Waals surface area contributed by atoms with E-state index in [4.69, 9.17) is 18.8 Å². The summed E-state index contributed by atoms with van der Waals surface area (Å²) >= 11 is 0. The average molecular weight is 757 g/mol. The number of furan rings is 2. The highest BCUT2D eigenvalue weighted by molar-refractivity contribution is 6.25. The maximum atomic E-state index is 6.59. The minimum atomic E-state index is 0.579. The van der Waals surface area contributed by atoms with Gasteiger partial charge in [0.15, 0.2) is 5.84 Å². The molecule has 0 atom stereocenters. The zero-order chi connectivity index (χ0) is 39.5. The smallest absolute Gasteiger partial charge is 0.160 e. The van der Waals surface area contributed by atoms with E-state index in [-0.39, 0.29) is 0 Å². The van der Waals surface area contributed by atoms with Gasteiger partial charge >= 0.3 is 0 Å². The fourth-order valence-electron chi connectivity index (χ4n) is 8.50. The van der Waals surface area contributed by atoms with E-state index >= 15 is 0 Å². The van der Waals surface area contributed by atoms with E-state index in [1.54, 1.807) is 0 Å². The van der Waals surface area contributed by atoms with Gasteiger partial charge < -0.3 is 8.83 Å². The van der Waals surface area contributed by atoms with Gasteiger partial charge in [0.2, 0.25) is 0 Å². The van der Waals surface area contributed by atoms with Gasteiger partial charge in [-0.15, -0.1) is 0 Å². The van der Waals surface area contributed by atoms with Crippen LogP contribution in [-0.4, -0.2) is 11.5 Å². The van der Waals surface area contributed by atoms with Crippen molar-refractivity contribution in [3.05, 3.63) is 211 Å². The Hall–Kier alpha value is -7.82. The summed E-state index contributed by atoms with van der Waals surface area (Å²) in [7, 11) is 0. The Morgan fingerprint density at radius 3 is 1.90 bits per heavy atom. The van der Waals surface area contributed by atoms with Crippen molar-refractivity contribution in [3.63, 3.8) is 0 Å². The van der Waals surface area contributed by atoms with Gasteiger partial charge in [0.1, 0.15) is 22.3 Å². The quantitative estimate of drug-likeness (QED) is 0.125. The first-order valence-electron chi connectivity index (χ1n) is 19.8. The lowest BCUT2D eigenvalue weighted by Crippen LogP contribution is -2.05. The molecular formula is C55H36N2O2. The summed E-state index contributed by atoms with van der Waals surface area (Å²) in [5.74, 6) is 0.579. The molecule has 11 rings (SSSR count). The number of rotatable bonds is 6. The normalized spacial score (nSPS) is 12.4. The van der Waals surface area contributed by atoms with Crippen molar-refractivity contribution in [1.82, 2.24) is 0 Å². The highest BCUT2D eigenvalue weighted by Crippen LogP contribution is 2.42. The Morgan fingerprint density at radius 1 is 0.424 bits per heavy atom. The van der Waals surface area contributed by atoms with E-state index in [0.29, 0.717) is 11.5 Å². The zero-order valence-corrected chi connectivity index (χ0v) is 32.3. The molecule has 0 aliphatic carbocycles. The third-order valence-electron chi connectivity index (χ3n) is 11.4. The molecule has 11 aromatic rings. The molecule has 0 spiro atoms. The Kier molecular flexibility index (Phi) is 8.16. The van der Waals surface area contributed by atoms with Gasteiger partial charge in [-0.05, 0) is 87.1 Å². The second kappa shape index (κ2) is 14.0. The molecular weight excluding hydrogens is 721 g/mol. The van der Waals surface area contributed by atoms with E-state index in [0.717, 1.165) is 93.9 Å². The van der Waals surface area contributed by atoms with Gasteiger partial charge in [0.25, 0.3) is 0 Å². The van der Waals surface area contributed by atoms with Crippen molar-refractivity contribution in [2.24, 2.45) is 9.98 Å². The van der Waals surface area contributed by atoms with Crippen LogP contribution < -0.4 is 0 Å². The topological polar surface area (TPSA) is 51.0 Å². The number of fused-ring (bicyclic) bond motifs is 9. The summed E-state index contributed by atoms with van der Waals surface area (Å²) in [4.78, 5) is 10.5. The monoisotopic (exact) mass is 756 g/mol. The van der Waals surface area contributed by atoms with Crippen LogP contribution in [0.5, 0.6) is 0 Å². The van der Waals surface area contributed by atoms with Crippen LogP contribution in [0.25, 0.3) is 93.4 Å². The summed E-state index contributed by atoms with van der Waals surface area (Å²) in [6.45, 7) is 6.50. The third-order valence-corrected chi connectivity index (χ3v) is 11.4. The summed E-state index contributed by atoms with van der Waals surface area (Å²) in [5, 5.41) is 8.93. The summed E-state index contributed by atoms with van der Waals surface area (Å²) < 4.78 is 13.0. The maximum Gasteiger partial charge on any atom is 0.160 e. The molecule has 4 heteroatoms. The van der Waals surface area contributed by atoms with Crippen molar-refractivity contribution in [2.45, 2.75) is 6.92 Å². The van der Waals surface area contributed by atoms with E-state index in [1.165, 1.54) is 16.2 Å². The molecule has 0 aliphatic rings. The molecule has 278 valence electrons. The lowest BCUT2D eigenvalue weighted by Gasteiger charge is -2.10. The molecule has 2 heterocycles. The zero-order valence-electron chi connectivity index (χ0n) is 32.3. The molecule has 4 nitrogen and oxygen atoms in total. The Balaban J connectivity index is 1.07. The first-order chi connectivity index (χ1) is 29.1. The summed E-state index contributed by atoms with van der Waals surface area (Å²) in [6.07, 6.45) is 0. The van der Waals surface area contributed by atoms with Gasteiger partial charge in [-0.2, -0.15) is 0 Å². The van der Waals surface area contributed by atoms with E-state index in [9.17, 15) is 0 Å². The van der Waals surface area contributed by atoms with Crippen LogP contribution in [0, 0.1) is 0 Å². The second-order valence-electron chi connectivity index (χ2n) is 15.0. The number of hydrogen-bond donors (Lipinski definition) is 0. The van der Waals surface area contributed by atoms with Crippen LogP contribution in [0.4, 0.5) is 0 Å². The predicted molar refractivity (Wildman–Crippen MR) is 248 cm³/mol. The standard InChI is InChI=1S/C55H36N2O2/c1-34(41-27-24-37-14-6-7-16-42(37)32-41)56-55(40-25-22-38(23-26-40)36-12-4-3-5-13-36)57-35(2)44-18-10-20-49-53(44)54-46(19-11-21-50(54)59-49)43-29-30-48-47(33-43)52-45-17-9-8-15-39(45)28-31-51(52)58-48/h3-33H,1H2,2H3/b56-55-,57-35+. The van der Waals surface area contributed by atoms with Crippen molar-refractivity contribution >= 4 is 82.7 Å². The molecule has 2 aromatic heterocycles. The Labute approximate surface area is 340 Å². The van der Waals surface area contributed by atoms with E-state index < -0.39 is 0 Å². The Morgan fingerprint density at radius 2 is 1.05 bits per heavy atom. The van der Waals surface area contributed by atoms with Crippen molar-refractivity contribution in [1.29, 1.82) is 0 Å². The number of hydrogen-bond acceptors (Lipinski definition) is 3. The van der Waals surface area contributed by atoms with Crippen LogP contribution >= 0.6 is 0 Å². The molecule has 0 amide bonds. The fourth-order valence-corrected chi connectivity index (χ4v) is 8.50. The molecule has 0 radical (unpaired) electrons. The predicted octanol–water partition coefficient (Wildman–Crippen LogP) is 15.1. The first-order valence-corrected chi connectivity index (χ1v) is 19.8. The van der Waals surface area contributed by atoms with Crippen molar-refractivity contribution in [2.75, 3.05) is 0 Å². The van der Waals surface area contributed by atoms with Gasteiger partial charge in [0, 0.05) is 43.9 Å². The van der Waals surface area contributed by atoms with Crippen LogP contribution in [0.2, 0.25) is 0 Å². The van der Waals surface area contributed by atoms with Crippen LogP contribution in [0.15, 0.2) is 213 Å². The molecule has 0 bridgehead atoms. The number of benzene rings is 9. The SMILES string of the molecule is C=C(/N=C(\N=C(/C)c1cccc2oc3cccc(-c4ccc5oc6ccc7ccccc7c6c5c4)c3c12)c1ccc(-c2ccccc2)cc1)c1ccc2ccccc2c1. The highest BCUT2D eigenvalue weighted by Gasteiger charge is 2.19. The van der Waals surface area contributed by atoms with Gasteiger partial charge in [-0.3, -0.25) is 0 Å². The molecule has 0 fully saturated rings. The largest absolute Gasteiger partial charge is 0.456 e. The molecule has 0 saturated carbocycles. The Bertz CT molecular complexity index is 3510.